The van der Waals surface area contributed by atoms with Crippen LogP contribution in [0.15, 0.2) is 87.8 Å². The normalized spacial score (nSPS) is 12.2. The van der Waals surface area contributed by atoms with Crippen molar-refractivity contribution in [1.29, 1.82) is 0 Å². The highest BCUT2D eigenvalue weighted by Crippen LogP contribution is 2.46. The summed E-state index contributed by atoms with van der Waals surface area (Å²) in [5, 5.41) is 0. The van der Waals surface area contributed by atoms with Gasteiger partial charge < -0.3 is 0 Å². The van der Waals surface area contributed by atoms with Crippen molar-refractivity contribution in [3.05, 3.63) is 68.2 Å². The second-order valence-corrected chi connectivity index (χ2v) is 12.4. The minimum Gasteiger partial charge on any atom is -0.218 e. The number of benzene rings is 2. The summed E-state index contributed by atoms with van der Waals surface area (Å²) < 4.78 is 52.7. The second-order valence-electron chi connectivity index (χ2n) is 4.94. The first-order chi connectivity index (χ1) is 11.8. The minimum absolute atomic E-state index is 0.0329. The molecule has 25 heavy (non-hydrogen) atoms. The summed E-state index contributed by atoms with van der Waals surface area (Å²) in [6.07, 6.45) is 0. The van der Waals surface area contributed by atoms with Gasteiger partial charge in [-0.15, -0.1) is 11.3 Å². The molecule has 0 amide bonds. The molecule has 130 valence electrons. The van der Waals surface area contributed by atoms with E-state index in [0.29, 0.717) is 0 Å². The second kappa shape index (κ2) is 6.96. The molecule has 0 aliphatic rings. The molecular weight excluding hydrogens is 512 g/mol. The average Bonchev–Trinajstić information content (AvgIpc) is 2.92. The predicted molar refractivity (Wildman–Crippen MR) is 104 cm³/mol. The smallest absolute Gasteiger partial charge is 0.209 e. The van der Waals surface area contributed by atoms with Crippen LogP contribution in [0.2, 0.25) is 0 Å². The van der Waals surface area contributed by atoms with Crippen molar-refractivity contribution in [3.63, 3.8) is 0 Å². The minimum atomic E-state index is -4.02. The third-order valence-corrected chi connectivity index (χ3v) is 10.5. The SMILES string of the molecule is O=S(=O)(c1ccccc1)c1c(Br)sc(Br)c1S(=O)(=O)c1ccccc1. The molecule has 3 rings (SSSR count). The van der Waals surface area contributed by atoms with Crippen LogP contribution < -0.4 is 0 Å². The number of rotatable bonds is 4. The first-order valence-corrected chi connectivity index (χ1v) is 12.2. The maximum absolute atomic E-state index is 13.1. The van der Waals surface area contributed by atoms with Crippen molar-refractivity contribution in [2.45, 2.75) is 19.6 Å². The van der Waals surface area contributed by atoms with Crippen molar-refractivity contribution in [2.75, 3.05) is 0 Å². The third kappa shape index (κ3) is 3.35. The lowest BCUT2D eigenvalue weighted by molar-refractivity contribution is 0.583. The van der Waals surface area contributed by atoms with Crippen LogP contribution in [-0.2, 0) is 19.7 Å². The zero-order valence-electron chi connectivity index (χ0n) is 12.4. The standard InChI is InChI=1S/C16H10Br2O4S3/c17-15-13(24(19,20)11-7-3-1-4-8-11)14(16(18)23-15)25(21,22)12-9-5-2-6-10-12/h1-10H. The van der Waals surface area contributed by atoms with Crippen LogP contribution in [0.1, 0.15) is 0 Å². The molecule has 0 bridgehead atoms. The topological polar surface area (TPSA) is 68.3 Å². The van der Waals surface area contributed by atoms with Crippen LogP contribution in [0, 0.1) is 0 Å². The Morgan fingerprint density at radius 1 is 0.600 bits per heavy atom. The Kier molecular flexibility index (Phi) is 5.23. The Morgan fingerprint density at radius 2 is 0.920 bits per heavy atom. The molecule has 0 atom stereocenters. The molecule has 0 fully saturated rings. The van der Waals surface area contributed by atoms with E-state index in [-0.39, 0.29) is 27.2 Å². The molecule has 0 radical (unpaired) electrons. The zero-order chi connectivity index (χ0) is 18.2. The Hall–Kier alpha value is -1.00. The monoisotopic (exact) mass is 520 g/mol. The van der Waals surface area contributed by atoms with Crippen molar-refractivity contribution in [1.82, 2.24) is 0 Å². The Balaban J connectivity index is 2.32. The molecule has 0 saturated carbocycles. The molecule has 1 heterocycles. The van der Waals surface area contributed by atoms with Gasteiger partial charge in [0.2, 0.25) is 19.7 Å². The van der Waals surface area contributed by atoms with E-state index in [1.165, 1.54) is 24.3 Å². The van der Waals surface area contributed by atoms with Crippen LogP contribution in [0.25, 0.3) is 0 Å². The summed E-state index contributed by atoms with van der Waals surface area (Å²) in [5.74, 6) is 0. The van der Waals surface area contributed by atoms with Crippen molar-refractivity contribution in [2.24, 2.45) is 0 Å². The van der Waals surface area contributed by atoms with E-state index >= 15 is 0 Å². The zero-order valence-corrected chi connectivity index (χ0v) is 18.0. The van der Waals surface area contributed by atoms with E-state index in [1.807, 2.05) is 0 Å². The van der Waals surface area contributed by atoms with Crippen molar-refractivity contribution >= 4 is 62.9 Å². The maximum atomic E-state index is 13.1. The highest BCUT2D eigenvalue weighted by Gasteiger charge is 2.35. The van der Waals surface area contributed by atoms with Gasteiger partial charge in [0.05, 0.1) is 17.4 Å². The van der Waals surface area contributed by atoms with E-state index in [2.05, 4.69) is 31.9 Å². The lowest BCUT2D eigenvalue weighted by Crippen LogP contribution is -2.09. The quantitative estimate of drug-likeness (QED) is 0.487. The Labute approximate surface area is 166 Å². The van der Waals surface area contributed by atoms with Gasteiger partial charge in [-0.2, -0.15) is 0 Å². The molecule has 0 unspecified atom stereocenters. The molecule has 1 aromatic heterocycles. The number of halogens is 2. The fourth-order valence-electron chi connectivity index (χ4n) is 2.24. The van der Waals surface area contributed by atoms with Crippen LogP contribution in [0.5, 0.6) is 0 Å². The molecule has 0 aliphatic heterocycles. The van der Waals surface area contributed by atoms with Crippen molar-refractivity contribution in [3.8, 4) is 0 Å². The molecule has 3 aromatic rings. The van der Waals surface area contributed by atoms with Gasteiger partial charge in [0.1, 0.15) is 9.79 Å². The van der Waals surface area contributed by atoms with Gasteiger partial charge in [-0.05, 0) is 56.1 Å². The van der Waals surface area contributed by atoms with Gasteiger partial charge in [0.25, 0.3) is 0 Å². The van der Waals surface area contributed by atoms with E-state index < -0.39 is 19.7 Å². The number of sulfone groups is 2. The Morgan fingerprint density at radius 3 is 1.24 bits per heavy atom. The number of thiophene rings is 1. The molecule has 0 aliphatic carbocycles. The summed E-state index contributed by atoms with van der Waals surface area (Å²) in [7, 11) is -8.03. The largest absolute Gasteiger partial charge is 0.218 e. The fraction of sp³-hybridized carbons (Fsp3) is 0. The van der Waals surface area contributed by atoms with Gasteiger partial charge in [0, 0.05) is 0 Å². The average molecular weight is 522 g/mol. The molecule has 0 N–H and O–H groups in total. The van der Waals surface area contributed by atoms with E-state index in [0.717, 1.165) is 11.3 Å². The number of hydrogen-bond acceptors (Lipinski definition) is 5. The summed E-state index contributed by atoms with van der Waals surface area (Å²) in [6.45, 7) is 0. The molecule has 4 nitrogen and oxygen atoms in total. The van der Waals surface area contributed by atoms with Gasteiger partial charge in [-0.1, -0.05) is 36.4 Å². The Bertz CT molecular complexity index is 1030. The van der Waals surface area contributed by atoms with Crippen LogP contribution >= 0.6 is 43.2 Å². The van der Waals surface area contributed by atoms with E-state index in [1.54, 1.807) is 36.4 Å². The summed E-state index contributed by atoms with van der Waals surface area (Å²) >= 11 is 7.44. The van der Waals surface area contributed by atoms with Gasteiger partial charge in [0.15, 0.2) is 0 Å². The molecule has 9 heteroatoms. The predicted octanol–water partition coefficient (Wildman–Crippen LogP) is 4.94. The first kappa shape index (κ1) is 18.8. The highest BCUT2D eigenvalue weighted by molar-refractivity contribution is 9.12. The lowest BCUT2D eigenvalue weighted by atomic mass is 10.4. The molecular formula is C16H10Br2O4S3. The summed E-state index contributed by atoms with van der Waals surface area (Å²) in [4.78, 5) is -0.435. The van der Waals surface area contributed by atoms with Crippen LogP contribution in [0.3, 0.4) is 0 Å². The highest BCUT2D eigenvalue weighted by atomic mass is 79.9. The van der Waals surface area contributed by atoms with Gasteiger partial charge in [-0.3, -0.25) is 0 Å². The molecule has 0 spiro atoms. The van der Waals surface area contributed by atoms with E-state index in [9.17, 15) is 16.8 Å². The van der Waals surface area contributed by atoms with Gasteiger partial charge in [-0.25, -0.2) is 16.8 Å². The van der Waals surface area contributed by atoms with Crippen LogP contribution in [0.4, 0.5) is 0 Å². The first-order valence-electron chi connectivity index (χ1n) is 6.84. The van der Waals surface area contributed by atoms with Crippen molar-refractivity contribution < 1.29 is 16.8 Å². The molecule has 0 saturated heterocycles. The maximum Gasteiger partial charge on any atom is 0.209 e. The number of hydrogen-bond donors (Lipinski definition) is 0. The van der Waals surface area contributed by atoms with E-state index in [4.69, 9.17) is 0 Å². The fourth-order valence-corrected chi connectivity index (χ4v) is 10.7. The summed E-state index contributed by atoms with van der Waals surface area (Å²) in [5.41, 5.74) is 0. The lowest BCUT2D eigenvalue weighted by Gasteiger charge is -2.09. The third-order valence-electron chi connectivity index (χ3n) is 3.39. The summed E-state index contributed by atoms with van der Waals surface area (Å²) in [6, 6.07) is 15.5. The molecule has 2 aromatic carbocycles. The van der Waals surface area contributed by atoms with Gasteiger partial charge >= 0.3 is 0 Å². The van der Waals surface area contributed by atoms with Crippen LogP contribution in [-0.4, -0.2) is 16.8 Å².